The maximum absolute atomic E-state index is 10.1. The predicted octanol–water partition coefficient (Wildman–Crippen LogP) is 9.55. The average molecular weight is 557 g/mol. The predicted molar refractivity (Wildman–Crippen MR) is 171 cm³/mol. The molecule has 0 aliphatic heterocycles. The highest BCUT2D eigenvalue weighted by atomic mass is 16.4. The molecule has 0 rings (SSSR count). The fraction of sp³-hybridized carbons (Fsp3) is 0.794. The molecule has 0 saturated heterocycles. The number of carboxylic acid groups (broad SMARTS) is 1. The lowest BCUT2D eigenvalue weighted by Gasteiger charge is -2.16. The first-order chi connectivity index (χ1) is 18.5. The maximum Gasteiger partial charge on any atom is 0.303 e. The van der Waals surface area contributed by atoms with E-state index in [-0.39, 0.29) is 6.10 Å². The lowest BCUT2D eigenvalue weighted by Crippen LogP contribution is -2.19. The van der Waals surface area contributed by atoms with Gasteiger partial charge in [-0.15, -0.1) is 13.2 Å². The second-order valence-corrected chi connectivity index (χ2v) is 10.7. The molecule has 234 valence electrons. The summed E-state index contributed by atoms with van der Waals surface area (Å²) in [6, 6.07) is 0. The highest BCUT2D eigenvalue weighted by molar-refractivity contribution is 5.66. The Kier molecular flexibility index (Phi) is 41.8. The summed E-state index contributed by atoms with van der Waals surface area (Å²) in [5, 5.41) is 35.1. The van der Waals surface area contributed by atoms with Crippen LogP contribution in [0.1, 0.15) is 157 Å². The van der Waals surface area contributed by atoms with Gasteiger partial charge in [-0.2, -0.15) is 0 Å². The van der Waals surface area contributed by atoms with Crippen LogP contribution in [-0.4, -0.2) is 44.7 Å². The number of hydrogen-bond acceptors (Lipinski definition) is 4. The maximum atomic E-state index is 10.1. The minimum atomic E-state index is -0.702. The summed E-state index contributed by atoms with van der Waals surface area (Å²) in [4.78, 5) is 10.1. The van der Waals surface area contributed by atoms with Crippen molar-refractivity contribution >= 4 is 5.97 Å². The topological polar surface area (TPSA) is 98.0 Å². The third-order valence-corrected chi connectivity index (χ3v) is 6.02. The molecule has 0 spiro atoms. The Bertz CT molecular complexity index is 532. The Balaban J connectivity index is -0.000000213. The van der Waals surface area contributed by atoms with Crippen molar-refractivity contribution in [3.63, 3.8) is 0 Å². The van der Waals surface area contributed by atoms with Crippen LogP contribution in [0.5, 0.6) is 0 Å². The van der Waals surface area contributed by atoms with Crippen LogP contribution in [0, 0.1) is 0 Å². The summed E-state index contributed by atoms with van der Waals surface area (Å²) in [5.41, 5.74) is 0.594. The summed E-state index contributed by atoms with van der Waals surface area (Å²) in [7, 11) is 0. The zero-order chi connectivity index (χ0) is 30.8. The van der Waals surface area contributed by atoms with Gasteiger partial charge in [0.2, 0.25) is 0 Å². The number of carbonyl (C=O) groups is 1. The van der Waals surface area contributed by atoms with E-state index in [1.54, 1.807) is 19.1 Å². The fourth-order valence-electron chi connectivity index (χ4n) is 3.25. The summed E-state index contributed by atoms with van der Waals surface area (Å²) in [6.07, 6.45) is 24.4. The number of allylic oxidation sites excluding steroid dienone is 2. The van der Waals surface area contributed by atoms with Crippen molar-refractivity contribution in [2.24, 2.45) is 0 Å². The zero-order valence-corrected chi connectivity index (χ0v) is 26.9. The molecule has 0 bridgehead atoms. The molecule has 39 heavy (non-hydrogen) atoms. The Morgan fingerprint density at radius 3 is 1.69 bits per heavy atom. The van der Waals surface area contributed by atoms with Gasteiger partial charge in [-0.1, -0.05) is 122 Å². The number of aliphatic hydroxyl groups excluding tert-OH is 2. The van der Waals surface area contributed by atoms with Crippen molar-refractivity contribution in [3.05, 3.63) is 37.0 Å². The van der Waals surface area contributed by atoms with Crippen LogP contribution in [0.25, 0.3) is 0 Å². The zero-order valence-electron chi connectivity index (χ0n) is 26.9. The first kappa shape index (κ1) is 44.6. The molecule has 0 fully saturated rings. The third kappa shape index (κ3) is 53.5. The molecule has 0 radical (unpaired) electrons. The minimum absolute atomic E-state index is 0.281. The Morgan fingerprint density at radius 1 is 0.821 bits per heavy atom. The average Bonchev–Trinajstić information content (AvgIpc) is 2.89. The molecule has 0 aromatic carbocycles. The van der Waals surface area contributed by atoms with Gasteiger partial charge in [-0.3, -0.25) is 4.79 Å². The number of rotatable bonds is 21. The number of hydrogen-bond donors (Lipinski definition) is 4. The van der Waals surface area contributed by atoms with Gasteiger partial charge in [0.15, 0.2) is 0 Å². The van der Waals surface area contributed by atoms with Gasteiger partial charge in [0.05, 0.1) is 11.7 Å². The van der Waals surface area contributed by atoms with Crippen molar-refractivity contribution in [2.75, 3.05) is 6.61 Å². The summed E-state index contributed by atoms with van der Waals surface area (Å²) in [6.45, 7) is 19.8. The van der Waals surface area contributed by atoms with Gasteiger partial charge in [0, 0.05) is 13.0 Å². The van der Waals surface area contributed by atoms with Gasteiger partial charge in [0.25, 0.3) is 0 Å². The lowest BCUT2D eigenvalue weighted by molar-refractivity contribution is -0.137. The summed E-state index contributed by atoms with van der Waals surface area (Å²) >= 11 is 0. The smallest absolute Gasteiger partial charge is 0.303 e. The van der Waals surface area contributed by atoms with E-state index in [1.165, 1.54) is 69.8 Å². The van der Waals surface area contributed by atoms with E-state index in [9.17, 15) is 9.90 Å². The molecule has 0 aliphatic carbocycles. The molecule has 0 aromatic heterocycles. The normalized spacial score (nSPS) is 12.1. The molecule has 5 heteroatoms. The molecule has 5 nitrogen and oxygen atoms in total. The van der Waals surface area contributed by atoms with Crippen LogP contribution in [0.2, 0.25) is 0 Å². The standard InChI is InChI=1S/C10H20O2.C10H18O.C8H16O.C6H14O/c1-2-3-4-5-6-7-8-9-10(11)12;1-5-10(4,11)8-6-7-9(2)3;1-3-5-6-7-8(9)4-2;1-2-3-4-5-6-7/h2-9H2,1H3,(H,11,12);5,7,11H,1,6,8H2,2-4H3;4,8-9H,2-3,5-7H2,1H3;7H,2-6H2,1H3. The molecular weight excluding hydrogens is 488 g/mol. The van der Waals surface area contributed by atoms with Crippen molar-refractivity contribution in [1.29, 1.82) is 0 Å². The summed E-state index contributed by atoms with van der Waals surface area (Å²) in [5.74, 6) is -0.663. The third-order valence-electron chi connectivity index (χ3n) is 6.02. The molecule has 0 aliphatic rings. The number of carboxylic acids is 1. The Labute approximate surface area is 243 Å². The second-order valence-electron chi connectivity index (χ2n) is 10.7. The van der Waals surface area contributed by atoms with Crippen LogP contribution in [-0.2, 0) is 4.79 Å². The number of unbranched alkanes of at least 4 members (excludes halogenated alkanes) is 11. The van der Waals surface area contributed by atoms with Crippen molar-refractivity contribution < 1.29 is 25.2 Å². The molecule has 0 heterocycles. The molecular formula is C34H68O5. The van der Waals surface area contributed by atoms with Gasteiger partial charge < -0.3 is 20.4 Å². The second kappa shape index (κ2) is 36.6. The van der Waals surface area contributed by atoms with Crippen molar-refractivity contribution in [3.8, 4) is 0 Å². The molecule has 0 amide bonds. The lowest BCUT2D eigenvalue weighted by atomic mass is 10.00. The summed E-state index contributed by atoms with van der Waals surface area (Å²) < 4.78 is 0. The molecule has 2 atom stereocenters. The molecule has 2 unspecified atom stereocenters. The Morgan fingerprint density at radius 2 is 1.28 bits per heavy atom. The van der Waals surface area contributed by atoms with Crippen LogP contribution < -0.4 is 0 Å². The van der Waals surface area contributed by atoms with Gasteiger partial charge in [0.1, 0.15) is 0 Å². The fourth-order valence-corrected chi connectivity index (χ4v) is 3.25. The minimum Gasteiger partial charge on any atom is -0.481 e. The van der Waals surface area contributed by atoms with E-state index in [0.717, 1.165) is 44.9 Å². The first-order valence-electron chi connectivity index (χ1n) is 15.6. The van der Waals surface area contributed by atoms with E-state index in [0.29, 0.717) is 13.0 Å². The van der Waals surface area contributed by atoms with E-state index in [1.807, 2.05) is 0 Å². The SMILES string of the molecule is C=CC(C)(O)CCC=C(C)C.C=CC(O)CCCCC.CCCCCCCCCC(=O)O.CCCCCCO. The highest BCUT2D eigenvalue weighted by Crippen LogP contribution is 2.13. The largest absolute Gasteiger partial charge is 0.481 e. The molecule has 0 aromatic rings. The van der Waals surface area contributed by atoms with Crippen molar-refractivity contribution in [2.45, 2.75) is 169 Å². The number of aliphatic carboxylic acids is 1. The first-order valence-corrected chi connectivity index (χ1v) is 15.6. The highest BCUT2D eigenvalue weighted by Gasteiger charge is 2.12. The van der Waals surface area contributed by atoms with Crippen LogP contribution in [0.15, 0.2) is 37.0 Å². The van der Waals surface area contributed by atoms with Gasteiger partial charge in [-0.25, -0.2) is 0 Å². The monoisotopic (exact) mass is 557 g/mol. The van der Waals surface area contributed by atoms with E-state index < -0.39 is 11.6 Å². The number of aliphatic hydroxyl groups is 3. The Hall–Kier alpha value is -1.43. The molecule has 4 N–H and O–H groups in total. The van der Waals surface area contributed by atoms with E-state index >= 15 is 0 Å². The van der Waals surface area contributed by atoms with Crippen molar-refractivity contribution in [1.82, 2.24) is 0 Å². The molecule has 0 saturated carbocycles. The quantitative estimate of drug-likeness (QED) is 0.0833. The van der Waals surface area contributed by atoms with E-state index in [4.69, 9.17) is 15.3 Å². The van der Waals surface area contributed by atoms with Crippen LogP contribution in [0.3, 0.4) is 0 Å². The van der Waals surface area contributed by atoms with E-state index in [2.05, 4.69) is 53.9 Å². The van der Waals surface area contributed by atoms with Crippen LogP contribution in [0.4, 0.5) is 0 Å². The van der Waals surface area contributed by atoms with Crippen LogP contribution >= 0.6 is 0 Å². The van der Waals surface area contributed by atoms with Gasteiger partial charge >= 0.3 is 5.97 Å². The van der Waals surface area contributed by atoms with Gasteiger partial charge in [-0.05, 0) is 52.9 Å².